The summed E-state index contributed by atoms with van der Waals surface area (Å²) in [5.41, 5.74) is 3.02. The van der Waals surface area contributed by atoms with Crippen LogP contribution in [0, 0.1) is 5.92 Å². The predicted molar refractivity (Wildman–Crippen MR) is 110 cm³/mol. The highest BCUT2D eigenvalue weighted by Gasteiger charge is 2.42. The molecule has 3 nitrogen and oxygen atoms in total. The fourth-order valence-corrected chi connectivity index (χ4v) is 2.91. The van der Waals surface area contributed by atoms with Crippen molar-refractivity contribution in [3.05, 3.63) is 109 Å². The minimum Gasteiger partial charge on any atom is -0.508 e. The van der Waals surface area contributed by atoms with Gasteiger partial charge in [0.1, 0.15) is 11.9 Å². The lowest BCUT2D eigenvalue weighted by atomic mass is 9.77. The van der Waals surface area contributed by atoms with Gasteiger partial charge in [-0.15, -0.1) is 0 Å². The van der Waals surface area contributed by atoms with Crippen LogP contribution in [0.3, 0.4) is 0 Å². The average Bonchev–Trinajstić information content (AvgIpc) is 2.62. The van der Waals surface area contributed by atoms with E-state index >= 15 is 0 Å². The van der Waals surface area contributed by atoms with Gasteiger partial charge >= 0.3 is 0 Å². The van der Waals surface area contributed by atoms with Crippen molar-refractivity contribution in [3.63, 3.8) is 0 Å². The molecule has 2 unspecified atom stereocenters. The zero-order valence-corrected chi connectivity index (χ0v) is 15.1. The second-order valence-corrected chi connectivity index (χ2v) is 6.01. The molecular formula is C23H28O3. The largest absolute Gasteiger partial charge is 0.508 e. The van der Waals surface area contributed by atoms with Gasteiger partial charge in [0, 0.05) is 0 Å². The second-order valence-electron chi connectivity index (χ2n) is 6.01. The highest BCUT2D eigenvalue weighted by atomic mass is 16.4. The molecule has 2 atom stereocenters. The van der Waals surface area contributed by atoms with Crippen LogP contribution in [0.25, 0.3) is 0 Å². The van der Waals surface area contributed by atoms with Gasteiger partial charge in [-0.3, -0.25) is 0 Å². The van der Waals surface area contributed by atoms with Crippen molar-refractivity contribution in [1.82, 2.24) is 0 Å². The lowest BCUT2D eigenvalue weighted by Crippen LogP contribution is -2.37. The van der Waals surface area contributed by atoms with Crippen molar-refractivity contribution < 1.29 is 15.3 Å². The summed E-state index contributed by atoms with van der Waals surface area (Å²) in [6.45, 7) is 14.9. The summed E-state index contributed by atoms with van der Waals surface area (Å²) in [6, 6.07) is 0. The topological polar surface area (TPSA) is 60.7 Å². The average molecular weight is 352 g/mol. The monoisotopic (exact) mass is 352 g/mol. The third-order valence-corrected chi connectivity index (χ3v) is 4.13. The zero-order chi connectivity index (χ0) is 19.5. The van der Waals surface area contributed by atoms with Crippen LogP contribution >= 0.6 is 0 Å². The Morgan fingerprint density at radius 3 is 1.96 bits per heavy atom. The maximum absolute atomic E-state index is 9.97. The number of aliphatic hydroxyl groups excluding tert-OH is 3. The molecule has 1 aliphatic rings. The molecule has 0 saturated heterocycles. The van der Waals surface area contributed by atoms with Crippen LogP contribution in [0.2, 0.25) is 0 Å². The molecule has 1 rings (SSSR count). The first-order valence-electron chi connectivity index (χ1n) is 8.50. The molecular weight excluding hydrogens is 324 g/mol. The molecule has 138 valence electrons. The summed E-state index contributed by atoms with van der Waals surface area (Å²) in [5.74, 6) is -1.14. The number of hydrogen-bond donors (Lipinski definition) is 3. The van der Waals surface area contributed by atoms with E-state index in [4.69, 9.17) is 0 Å². The van der Waals surface area contributed by atoms with Gasteiger partial charge < -0.3 is 15.3 Å². The maximum Gasteiger partial charge on any atom is 0.160 e. The van der Waals surface area contributed by atoms with E-state index in [0.717, 1.165) is 17.6 Å². The lowest BCUT2D eigenvalue weighted by Gasteiger charge is -2.33. The summed E-state index contributed by atoms with van der Waals surface area (Å²) in [7, 11) is 0. The molecule has 0 saturated carbocycles. The quantitative estimate of drug-likeness (QED) is 0.427. The SMILES string of the molecule is C=C/C=C(/C/C=C/C=C)C/C(=C\C=C)C/C(=C/C=C)C1C(O)=C(O)C1O. The summed E-state index contributed by atoms with van der Waals surface area (Å²) < 4.78 is 0. The molecule has 0 aromatic carbocycles. The first kappa shape index (κ1) is 21.3. The van der Waals surface area contributed by atoms with Gasteiger partial charge in [0.2, 0.25) is 0 Å². The fourth-order valence-electron chi connectivity index (χ4n) is 2.91. The van der Waals surface area contributed by atoms with Crippen LogP contribution in [0.4, 0.5) is 0 Å². The number of aliphatic hydroxyl groups is 3. The normalized spacial score (nSPS) is 21.5. The van der Waals surface area contributed by atoms with Crippen molar-refractivity contribution in [2.24, 2.45) is 5.92 Å². The van der Waals surface area contributed by atoms with E-state index < -0.39 is 12.0 Å². The minimum absolute atomic E-state index is 0.181. The van der Waals surface area contributed by atoms with Gasteiger partial charge in [-0.05, 0) is 19.3 Å². The summed E-state index contributed by atoms with van der Waals surface area (Å²) in [4.78, 5) is 0. The van der Waals surface area contributed by atoms with E-state index in [9.17, 15) is 15.3 Å². The summed E-state index contributed by atoms with van der Waals surface area (Å²) >= 11 is 0. The van der Waals surface area contributed by atoms with E-state index in [-0.39, 0.29) is 11.5 Å². The van der Waals surface area contributed by atoms with Crippen molar-refractivity contribution in [3.8, 4) is 0 Å². The van der Waals surface area contributed by atoms with Gasteiger partial charge in [0.25, 0.3) is 0 Å². The zero-order valence-electron chi connectivity index (χ0n) is 15.1. The van der Waals surface area contributed by atoms with Crippen molar-refractivity contribution >= 4 is 0 Å². The van der Waals surface area contributed by atoms with Gasteiger partial charge in [-0.1, -0.05) is 97.7 Å². The van der Waals surface area contributed by atoms with Gasteiger partial charge in [-0.2, -0.15) is 0 Å². The molecule has 0 heterocycles. The highest BCUT2D eigenvalue weighted by molar-refractivity contribution is 5.38. The fraction of sp³-hybridized carbons (Fsp3) is 0.217. The Bertz CT molecular complexity index is 699. The molecule has 0 spiro atoms. The van der Waals surface area contributed by atoms with Gasteiger partial charge in [0.05, 0.1) is 5.92 Å². The predicted octanol–water partition coefficient (Wildman–Crippen LogP) is 5.55. The van der Waals surface area contributed by atoms with Crippen molar-refractivity contribution in [2.45, 2.75) is 25.4 Å². The Morgan fingerprint density at radius 1 is 0.808 bits per heavy atom. The molecule has 3 N–H and O–H groups in total. The van der Waals surface area contributed by atoms with Crippen LogP contribution in [0.5, 0.6) is 0 Å². The van der Waals surface area contributed by atoms with E-state index in [1.807, 2.05) is 24.3 Å². The Kier molecular flexibility index (Phi) is 8.96. The van der Waals surface area contributed by atoms with E-state index in [0.29, 0.717) is 12.8 Å². The molecule has 1 aliphatic carbocycles. The Labute approximate surface area is 156 Å². The molecule has 0 radical (unpaired) electrons. The molecule has 3 heteroatoms. The molecule has 0 bridgehead atoms. The Balaban J connectivity index is 3.01. The van der Waals surface area contributed by atoms with E-state index in [1.165, 1.54) is 5.57 Å². The number of rotatable bonds is 11. The van der Waals surface area contributed by atoms with Crippen LogP contribution < -0.4 is 0 Å². The molecule has 0 aromatic rings. The standard InChI is InChI=1S/C23H28O3/c1-5-9-10-14-17(11-6-2)15-18(12-7-3)16-19(13-8-4)20-21(24)23(26)22(20)25/h5-13,20-21,24-26H,1-4,14-16H2/b10-9+,17-11-,18-12+,19-13-. The van der Waals surface area contributed by atoms with Gasteiger partial charge in [-0.25, -0.2) is 0 Å². The van der Waals surface area contributed by atoms with Crippen LogP contribution in [0.1, 0.15) is 19.3 Å². The smallest absolute Gasteiger partial charge is 0.160 e. The van der Waals surface area contributed by atoms with Crippen molar-refractivity contribution in [1.29, 1.82) is 0 Å². The molecule has 0 aliphatic heterocycles. The lowest BCUT2D eigenvalue weighted by molar-refractivity contribution is 0.0457. The van der Waals surface area contributed by atoms with Gasteiger partial charge in [0.15, 0.2) is 5.76 Å². The molecule has 26 heavy (non-hydrogen) atoms. The third kappa shape index (κ3) is 5.64. The van der Waals surface area contributed by atoms with Crippen molar-refractivity contribution in [2.75, 3.05) is 0 Å². The third-order valence-electron chi connectivity index (χ3n) is 4.13. The molecule has 0 amide bonds. The van der Waals surface area contributed by atoms with E-state index in [2.05, 4.69) is 26.3 Å². The highest BCUT2D eigenvalue weighted by Crippen LogP contribution is 2.40. The first-order valence-corrected chi connectivity index (χ1v) is 8.50. The summed E-state index contributed by atoms with van der Waals surface area (Å²) in [6.07, 6.45) is 17.3. The summed E-state index contributed by atoms with van der Waals surface area (Å²) in [5, 5.41) is 29.4. The minimum atomic E-state index is -1.08. The maximum atomic E-state index is 9.97. The Hall–Kier alpha value is -2.78. The molecule has 0 aromatic heterocycles. The van der Waals surface area contributed by atoms with E-state index in [1.54, 1.807) is 30.4 Å². The second kappa shape index (κ2) is 11.0. The number of hydrogen-bond acceptors (Lipinski definition) is 3. The number of allylic oxidation sites excluding steroid dienone is 11. The van der Waals surface area contributed by atoms with Crippen LogP contribution in [-0.2, 0) is 0 Å². The molecule has 0 fully saturated rings. The first-order chi connectivity index (χ1) is 12.5. The van der Waals surface area contributed by atoms with Crippen LogP contribution in [-0.4, -0.2) is 21.4 Å². The Morgan fingerprint density at radius 2 is 1.42 bits per heavy atom. The van der Waals surface area contributed by atoms with Crippen LogP contribution in [0.15, 0.2) is 109 Å².